The fourth-order valence-electron chi connectivity index (χ4n) is 1.15. The van der Waals surface area contributed by atoms with Gasteiger partial charge in [0.1, 0.15) is 5.75 Å². The van der Waals surface area contributed by atoms with E-state index >= 15 is 0 Å². The van der Waals surface area contributed by atoms with E-state index in [-0.39, 0.29) is 0 Å². The van der Waals surface area contributed by atoms with Gasteiger partial charge in [0, 0.05) is 4.86 Å². The molecule has 0 fully saturated rings. The van der Waals surface area contributed by atoms with Crippen molar-refractivity contribution in [1.29, 1.82) is 0 Å². The number of hydrogen-bond acceptors (Lipinski definition) is 2. The van der Waals surface area contributed by atoms with E-state index in [1.807, 2.05) is 24.3 Å². The first kappa shape index (κ1) is 10.2. The summed E-state index contributed by atoms with van der Waals surface area (Å²) in [5.74, 6) is 0.878. The van der Waals surface area contributed by atoms with Crippen LogP contribution in [0.15, 0.2) is 24.3 Å². The first-order chi connectivity index (χ1) is 6.27. The Bertz CT molecular complexity index is 277. The lowest BCUT2D eigenvalue weighted by atomic mass is 10.1. The zero-order valence-corrected chi connectivity index (χ0v) is 8.86. The van der Waals surface area contributed by atoms with Crippen molar-refractivity contribution < 1.29 is 4.74 Å². The fourth-order valence-corrected chi connectivity index (χ4v) is 1.49. The molecule has 0 saturated carbocycles. The zero-order chi connectivity index (χ0) is 9.68. The lowest BCUT2D eigenvalue weighted by Gasteiger charge is -2.03. The molecule has 0 aromatic heterocycles. The van der Waals surface area contributed by atoms with Crippen LogP contribution >= 0.6 is 12.2 Å². The van der Waals surface area contributed by atoms with Crippen LogP contribution in [-0.2, 0) is 0 Å². The second-order valence-corrected chi connectivity index (χ2v) is 3.39. The quantitative estimate of drug-likeness (QED) is 0.537. The Morgan fingerprint density at radius 2 is 1.92 bits per heavy atom. The molecule has 0 atom stereocenters. The second kappa shape index (κ2) is 4.97. The summed E-state index contributed by atoms with van der Waals surface area (Å²) in [6.07, 6.45) is 2.09. The van der Waals surface area contributed by atoms with Crippen LogP contribution < -0.4 is 4.74 Å². The Kier molecular flexibility index (Phi) is 3.90. The maximum Gasteiger partial charge on any atom is 0.118 e. The number of thiocarbonyl (C=S) groups is 1. The Balaban J connectivity index is 2.74. The second-order valence-electron chi connectivity index (χ2n) is 2.90. The Morgan fingerprint density at radius 1 is 1.31 bits per heavy atom. The van der Waals surface area contributed by atoms with Gasteiger partial charge >= 0.3 is 0 Å². The molecule has 1 aromatic rings. The van der Waals surface area contributed by atoms with Crippen LogP contribution in [0.3, 0.4) is 0 Å². The highest BCUT2D eigenvalue weighted by atomic mass is 32.1. The molecule has 0 radical (unpaired) electrons. The third kappa shape index (κ3) is 2.81. The summed E-state index contributed by atoms with van der Waals surface area (Å²) in [6.45, 7) is 2.13. The van der Waals surface area contributed by atoms with E-state index < -0.39 is 0 Å². The van der Waals surface area contributed by atoms with Crippen molar-refractivity contribution in [3.05, 3.63) is 29.8 Å². The van der Waals surface area contributed by atoms with Crippen molar-refractivity contribution in [2.45, 2.75) is 19.8 Å². The van der Waals surface area contributed by atoms with Crippen molar-refractivity contribution >= 4 is 17.1 Å². The molecular weight excluding hydrogens is 180 g/mol. The molecule has 0 bridgehead atoms. The normalized spacial score (nSPS) is 9.69. The van der Waals surface area contributed by atoms with E-state index in [1.54, 1.807) is 7.11 Å². The van der Waals surface area contributed by atoms with Crippen molar-refractivity contribution in [1.82, 2.24) is 0 Å². The highest BCUT2D eigenvalue weighted by Gasteiger charge is 1.99. The van der Waals surface area contributed by atoms with Crippen molar-refractivity contribution in [3.63, 3.8) is 0 Å². The van der Waals surface area contributed by atoms with Crippen LogP contribution in [0.4, 0.5) is 0 Å². The highest BCUT2D eigenvalue weighted by Crippen LogP contribution is 2.13. The van der Waals surface area contributed by atoms with Crippen molar-refractivity contribution in [3.8, 4) is 5.75 Å². The van der Waals surface area contributed by atoms with Crippen LogP contribution in [0.25, 0.3) is 0 Å². The maximum absolute atomic E-state index is 5.26. The van der Waals surface area contributed by atoms with Crippen LogP contribution in [0.2, 0.25) is 0 Å². The summed E-state index contributed by atoms with van der Waals surface area (Å²) in [6, 6.07) is 7.90. The minimum Gasteiger partial charge on any atom is -0.497 e. The van der Waals surface area contributed by atoms with Gasteiger partial charge in [0.25, 0.3) is 0 Å². The van der Waals surface area contributed by atoms with Crippen LogP contribution in [0, 0.1) is 0 Å². The molecule has 0 aliphatic carbocycles. The van der Waals surface area contributed by atoms with Gasteiger partial charge in [0.15, 0.2) is 0 Å². The van der Waals surface area contributed by atoms with Gasteiger partial charge in [-0.1, -0.05) is 37.7 Å². The molecule has 0 heterocycles. The van der Waals surface area contributed by atoms with Gasteiger partial charge in [0.05, 0.1) is 7.11 Å². The lowest BCUT2D eigenvalue weighted by molar-refractivity contribution is 0.415. The van der Waals surface area contributed by atoms with Gasteiger partial charge < -0.3 is 4.74 Å². The third-order valence-electron chi connectivity index (χ3n) is 1.89. The van der Waals surface area contributed by atoms with Crippen molar-refractivity contribution in [2.24, 2.45) is 0 Å². The van der Waals surface area contributed by atoms with E-state index in [4.69, 9.17) is 17.0 Å². The van der Waals surface area contributed by atoms with Gasteiger partial charge in [-0.15, -0.1) is 0 Å². The molecule has 1 aromatic carbocycles. The van der Waals surface area contributed by atoms with E-state index in [2.05, 4.69) is 6.92 Å². The molecule has 0 amide bonds. The standard InChI is InChI=1S/C11H14OS/c1-3-4-11(13)9-5-7-10(12-2)8-6-9/h5-8H,3-4H2,1-2H3. The first-order valence-corrected chi connectivity index (χ1v) is 4.86. The molecule has 0 N–H and O–H groups in total. The molecular formula is C11H14OS. The number of benzene rings is 1. The lowest BCUT2D eigenvalue weighted by Crippen LogP contribution is -1.95. The van der Waals surface area contributed by atoms with Gasteiger partial charge in [0.2, 0.25) is 0 Å². The smallest absolute Gasteiger partial charge is 0.118 e. The minimum absolute atomic E-state index is 0.878. The van der Waals surface area contributed by atoms with Crippen LogP contribution in [-0.4, -0.2) is 12.0 Å². The summed E-state index contributed by atoms with van der Waals surface area (Å²) in [5.41, 5.74) is 1.14. The molecule has 0 saturated heterocycles. The molecule has 70 valence electrons. The Labute approximate surface area is 84.7 Å². The fraction of sp³-hybridized carbons (Fsp3) is 0.364. The summed E-state index contributed by atoms with van der Waals surface area (Å²) < 4.78 is 5.07. The van der Waals surface area contributed by atoms with E-state index in [1.165, 1.54) is 0 Å². The average Bonchev–Trinajstić information content (AvgIpc) is 2.18. The maximum atomic E-state index is 5.26. The summed E-state index contributed by atoms with van der Waals surface area (Å²) >= 11 is 5.26. The van der Waals surface area contributed by atoms with Crippen LogP contribution in [0.1, 0.15) is 25.3 Å². The van der Waals surface area contributed by atoms with Gasteiger partial charge in [-0.2, -0.15) is 0 Å². The molecule has 13 heavy (non-hydrogen) atoms. The summed E-state index contributed by atoms with van der Waals surface area (Å²) in [7, 11) is 1.67. The zero-order valence-electron chi connectivity index (χ0n) is 8.04. The SMILES string of the molecule is CCCC(=S)c1ccc(OC)cc1. The molecule has 0 spiro atoms. The van der Waals surface area contributed by atoms with Crippen molar-refractivity contribution in [2.75, 3.05) is 7.11 Å². The molecule has 0 unspecified atom stereocenters. The number of methoxy groups -OCH3 is 1. The van der Waals surface area contributed by atoms with Gasteiger partial charge in [-0.05, 0) is 24.1 Å². The summed E-state index contributed by atoms with van der Waals surface area (Å²) in [5, 5.41) is 0. The van der Waals surface area contributed by atoms with Crippen LogP contribution in [0.5, 0.6) is 5.75 Å². The molecule has 1 rings (SSSR count). The van der Waals surface area contributed by atoms with Gasteiger partial charge in [-0.25, -0.2) is 0 Å². The molecule has 2 heteroatoms. The number of hydrogen-bond donors (Lipinski definition) is 0. The van der Waals surface area contributed by atoms with E-state index in [0.29, 0.717) is 0 Å². The largest absolute Gasteiger partial charge is 0.497 e. The summed E-state index contributed by atoms with van der Waals surface area (Å²) in [4.78, 5) is 1.03. The van der Waals surface area contributed by atoms with E-state index in [9.17, 15) is 0 Å². The predicted molar refractivity (Wildman–Crippen MR) is 59.6 cm³/mol. The molecule has 1 nitrogen and oxygen atoms in total. The number of rotatable bonds is 4. The minimum atomic E-state index is 0.878. The Hall–Kier alpha value is -0.890. The topological polar surface area (TPSA) is 9.23 Å². The number of ether oxygens (including phenoxy) is 1. The molecule has 0 aliphatic rings. The van der Waals surface area contributed by atoms with E-state index in [0.717, 1.165) is 29.0 Å². The molecule has 0 aliphatic heterocycles. The Morgan fingerprint density at radius 3 is 2.38 bits per heavy atom. The third-order valence-corrected chi connectivity index (χ3v) is 2.33. The first-order valence-electron chi connectivity index (χ1n) is 4.45. The average molecular weight is 194 g/mol. The predicted octanol–water partition coefficient (Wildman–Crippen LogP) is 3.21. The monoisotopic (exact) mass is 194 g/mol. The highest BCUT2D eigenvalue weighted by molar-refractivity contribution is 7.80. The van der Waals surface area contributed by atoms with Gasteiger partial charge in [-0.3, -0.25) is 0 Å².